The Labute approximate surface area is 124 Å². The monoisotopic (exact) mass is 309 g/mol. The van der Waals surface area contributed by atoms with Gasteiger partial charge in [-0.25, -0.2) is 8.78 Å². The van der Waals surface area contributed by atoms with Gasteiger partial charge in [0.25, 0.3) is 0 Å². The molecule has 2 heterocycles. The minimum atomic E-state index is -0.449. The van der Waals surface area contributed by atoms with E-state index in [-0.39, 0.29) is 6.54 Å². The molecule has 0 saturated heterocycles. The average Bonchev–Trinajstić information content (AvgIpc) is 3.04. The van der Waals surface area contributed by atoms with E-state index in [9.17, 15) is 8.78 Å². The van der Waals surface area contributed by atoms with Gasteiger partial charge in [-0.05, 0) is 18.2 Å². The normalized spacial score (nSPS) is 11.2. The van der Waals surface area contributed by atoms with Crippen molar-refractivity contribution in [3.63, 3.8) is 0 Å². The van der Waals surface area contributed by atoms with Crippen LogP contribution in [0.4, 0.5) is 8.78 Å². The average molecular weight is 309 g/mol. The number of imidazole rings is 1. The van der Waals surface area contributed by atoms with E-state index in [4.69, 9.17) is 4.74 Å². The maximum absolute atomic E-state index is 13.5. The van der Waals surface area contributed by atoms with Crippen molar-refractivity contribution >= 4 is 16.3 Å². The van der Waals surface area contributed by atoms with Gasteiger partial charge in [-0.3, -0.25) is 4.40 Å². The first-order valence-corrected chi connectivity index (χ1v) is 7.20. The second-order valence-corrected chi connectivity index (χ2v) is 5.34. The summed E-state index contributed by atoms with van der Waals surface area (Å²) in [6.45, 7) is 0.668. The molecule has 7 heteroatoms. The van der Waals surface area contributed by atoms with Crippen LogP contribution in [-0.2, 0) is 13.1 Å². The van der Waals surface area contributed by atoms with Crippen molar-refractivity contribution in [1.29, 1.82) is 0 Å². The van der Waals surface area contributed by atoms with Crippen LogP contribution in [0.1, 0.15) is 11.3 Å². The number of nitrogens with zero attached hydrogens (tertiary/aromatic N) is 2. The zero-order chi connectivity index (χ0) is 14.8. The highest BCUT2D eigenvalue weighted by Crippen LogP contribution is 2.23. The summed E-state index contributed by atoms with van der Waals surface area (Å²) in [5, 5.41) is 5.01. The molecule has 4 nitrogen and oxygen atoms in total. The number of aromatic nitrogens is 2. The third-order valence-electron chi connectivity index (χ3n) is 3.13. The number of fused-ring (bicyclic) bond motifs is 1. The molecule has 0 spiro atoms. The first kappa shape index (κ1) is 14.0. The van der Waals surface area contributed by atoms with Gasteiger partial charge < -0.3 is 10.1 Å². The Morgan fingerprint density at radius 3 is 3.00 bits per heavy atom. The van der Waals surface area contributed by atoms with Crippen LogP contribution < -0.4 is 10.1 Å². The Hall–Kier alpha value is -1.99. The summed E-state index contributed by atoms with van der Waals surface area (Å²) in [6.07, 6.45) is 1.90. The minimum absolute atomic E-state index is 0.226. The van der Waals surface area contributed by atoms with Crippen LogP contribution in [0.15, 0.2) is 29.8 Å². The van der Waals surface area contributed by atoms with Crippen LogP contribution in [-0.4, -0.2) is 16.5 Å². The number of benzene rings is 1. The van der Waals surface area contributed by atoms with Crippen LogP contribution in [0.25, 0.3) is 4.96 Å². The van der Waals surface area contributed by atoms with E-state index < -0.39 is 11.6 Å². The lowest BCUT2D eigenvalue weighted by molar-refractivity contribution is 0.392. The van der Waals surface area contributed by atoms with Crippen molar-refractivity contribution in [1.82, 2.24) is 14.7 Å². The molecule has 3 rings (SSSR count). The molecule has 0 saturated carbocycles. The van der Waals surface area contributed by atoms with E-state index in [0.717, 1.165) is 22.8 Å². The Bertz CT molecular complexity index is 769. The van der Waals surface area contributed by atoms with Crippen LogP contribution in [0, 0.1) is 11.6 Å². The molecule has 21 heavy (non-hydrogen) atoms. The summed E-state index contributed by atoms with van der Waals surface area (Å²) in [5.41, 5.74) is 1.14. The van der Waals surface area contributed by atoms with Crippen LogP contribution in [0.3, 0.4) is 0 Å². The number of nitrogens with one attached hydrogen (secondary N) is 1. The Morgan fingerprint density at radius 1 is 1.33 bits per heavy atom. The van der Waals surface area contributed by atoms with Crippen molar-refractivity contribution in [2.24, 2.45) is 0 Å². The SMILES string of the molecule is COc1nc2sccn2c1CNCc1cc(F)ccc1F. The van der Waals surface area contributed by atoms with Gasteiger partial charge >= 0.3 is 0 Å². The number of hydrogen-bond acceptors (Lipinski definition) is 4. The molecule has 2 aromatic heterocycles. The summed E-state index contributed by atoms with van der Waals surface area (Å²) in [4.78, 5) is 5.17. The van der Waals surface area contributed by atoms with Gasteiger partial charge in [0.15, 0.2) is 4.96 Å². The molecular weight excluding hydrogens is 296 g/mol. The first-order valence-electron chi connectivity index (χ1n) is 6.32. The van der Waals surface area contributed by atoms with E-state index in [2.05, 4.69) is 10.3 Å². The smallest absolute Gasteiger partial charge is 0.237 e. The van der Waals surface area contributed by atoms with Crippen molar-refractivity contribution in [2.75, 3.05) is 7.11 Å². The third-order valence-corrected chi connectivity index (χ3v) is 3.89. The number of halogens is 2. The van der Waals surface area contributed by atoms with Crippen molar-refractivity contribution < 1.29 is 13.5 Å². The zero-order valence-electron chi connectivity index (χ0n) is 11.3. The van der Waals surface area contributed by atoms with Gasteiger partial charge in [-0.1, -0.05) is 0 Å². The number of rotatable bonds is 5. The number of hydrogen-bond donors (Lipinski definition) is 1. The molecule has 3 aromatic rings. The maximum Gasteiger partial charge on any atom is 0.237 e. The molecule has 0 aliphatic heterocycles. The molecule has 0 aliphatic rings. The summed E-state index contributed by atoms with van der Waals surface area (Å²) in [6, 6.07) is 3.42. The zero-order valence-corrected chi connectivity index (χ0v) is 12.1. The van der Waals surface area contributed by atoms with Crippen LogP contribution >= 0.6 is 11.3 Å². The predicted molar refractivity (Wildman–Crippen MR) is 76.5 cm³/mol. The Balaban J connectivity index is 1.74. The van der Waals surface area contributed by atoms with Crippen LogP contribution in [0.2, 0.25) is 0 Å². The van der Waals surface area contributed by atoms with Gasteiger partial charge in [-0.15, -0.1) is 11.3 Å². The molecule has 110 valence electrons. The first-order chi connectivity index (χ1) is 10.2. The third kappa shape index (κ3) is 2.74. The van der Waals surface area contributed by atoms with Gasteiger partial charge in [-0.2, -0.15) is 4.98 Å². The number of methoxy groups -OCH3 is 1. The second-order valence-electron chi connectivity index (χ2n) is 4.46. The molecule has 0 fully saturated rings. The van der Waals surface area contributed by atoms with Gasteiger partial charge in [0.05, 0.1) is 7.11 Å². The highest BCUT2D eigenvalue weighted by molar-refractivity contribution is 7.15. The molecule has 1 aromatic carbocycles. The van der Waals surface area contributed by atoms with Crippen LogP contribution in [0.5, 0.6) is 5.88 Å². The lowest BCUT2D eigenvalue weighted by Crippen LogP contribution is -2.15. The molecule has 0 aliphatic carbocycles. The van der Waals surface area contributed by atoms with E-state index in [0.29, 0.717) is 18.0 Å². The number of thiazole rings is 1. The van der Waals surface area contributed by atoms with E-state index in [1.165, 1.54) is 17.4 Å². The van der Waals surface area contributed by atoms with Gasteiger partial charge in [0.2, 0.25) is 5.88 Å². The largest absolute Gasteiger partial charge is 0.480 e. The second kappa shape index (κ2) is 5.79. The molecule has 1 N–H and O–H groups in total. The molecule has 0 radical (unpaired) electrons. The molecule has 0 unspecified atom stereocenters. The quantitative estimate of drug-likeness (QED) is 0.787. The van der Waals surface area contributed by atoms with Gasteiger partial charge in [0.1, 0.15) is 17.3 Å². The topological polar surface area (TPSA) is 38.6 Å². The van der Waals surface area contributed by atoms with E-state index in [1.54, 1.807) is 7.11 Å². The van der Waals surface area contributed by atoms with Crippen molar-refractivity contribution in [3.8, 4) is 5.88 Å². The lowest BCUT2D eigenvalue weighted by Gasteiger charge is -2.07. The molecule has 0 atom stereocenters. The molecule has 0 bridgehead atoms. The fourth-order valence-electron chi connectivity index (χ4n) is 2.13. The predicted octanol–water partition coefficient (Wildman–Crippen LogP) is 2.97. The fraction of sp³-hybridized carbons (Fsp3) is 0.214. The lowest BCUT2D eigenvalue weighted by atomic mass is 10.2. The summed E-state index contributed by atoms with van der Waals surface area (Å²) < 4.78 is 33.8. The fourth-order valence-corrected chi connectivity index (χ4v) is 2.86. The Kier molecular flexibility index (Phi) is 3.85. The van der Waals surface area contributed by atoms with Crippen molar-refractivity contribution in [3.05, 3.63) is 52.7 Å². The van der Waals surface area contributed by atoms with E-state index in [1.807, 2.05) is 16.0 Å². The molecule has 0 amide bonds. The Morgan fingerprint density at radius 2 is 2.19 bits per heavy atom. The summed E-state index contributed by atoms with van der Waals surface area (Å²) >= 11 is 1.51. The van der Waals surface area contributed by atoms with Gasteiger partial charge in [0, 0.05) is 30.2 Å². The summed E-state index contributed by atoms with van der Waals surface area (Å²) in [7, 11) is 1.56. The minimum Gasteiger partial charge on any atom is -0.480 e. The maximum atomic E-state index is 13.5. The van der Waals surface area contributed by atoms with E-state index >= 15 is 0 Å². The standard InChI is InChI=1S/C14H13F2N3OS/c1-20-13-12(19-4-5-21-14(19)18-13)8-17-7-9-6-10(15)2-3-11(9)16/h2-6,17H,7-8H2,1H3. The summed E-state index contributed by atoms with van der Waals surface area (Å²) in [5.74, 6) is -0.339. The molecular formula is C14H13F2N3OS. The highest BCUT2D eigenvalue weighted by Gasteiger charge is 2.13. The van der Waals surface area contributed by atoms with Crippen molar-refractivity contribution in [2.45, 2.75) is 13.1 Å². The number of ether oxygens (including phenoxy) is 1. The highest BCUT2D eigenvalue weighted by atomic mass is 32.1.